The van der Waals surface area contributed by atoms with Crippen molar-refractivity contribution < 1.29 is 31.5 Å². The van der Waals surface area contributed by atoms with Crippen LogP contribution in [0.1, 0.15) is 86.3 Å². The van der Waals surface area contributed by atoms with Crippen LogP contribution in [-0.4, -0.2) is 64.1 Å². The van der Waals surface area contributed by atoms with Gasteiger partial charge in [-0.25, -0.2) is 8.78 Å². The van der Waals surface area contributed by atoms with Gasteiger partial charge >= 0.3 is 6.18 Å². The molecule has 1 atom stereocenters. The highest BCUT2D eigenvalue weighted by Crippen LogP contribution is 2.40. The number of nitrogens with zero attached hydrogens (tertiary/aromatic N) is 3. The van der Waals surface area contributed by atoms with E-state index in [2.05, 4.69) is 15.7 Å². The highest BCUT2D eigenvalue weighted by molar-refractivity contribution is 5.94. The molecule has 5 rings (SSSR count). The second-order valence-electron chi connectivity index (χ2n) is 11.6. The Bertz CT molecular complexity index is 1240. The van der Waals surface area contributed by atoms with Gasteiger partial charge in [-0.15, -0.1) is 0 Å². The molecule has 1 saturated heterocycles. The van der Waals surface area contributed by atoms with E-state index in [1.807, 2.05) is 0 Å². The van der Waals surface area contributed by atoms with E-state index in [1.54, 1.807) is 4.90 Å². The van der Waals surface area contributed by atoms with Crippen LogP contribution >= 0.6 is 0 Å². The molecule has 3 fully saturated rings. The first kappa shape index (κ1) is 29.5. The summed E-state index contributed by atoms with van der Waals surface area (Å²) in [6.07, 6.45) is 1.46. The monoisotopic (exact) mass is 581 g/mol. The van der Waals surface area contributed by atoms with Gasteiger partial charge in [-0.3, -0.25) is 19.2 Å². The van der Waals surface area contributed by atoms with Crippen LogP contribution in [0.3, 0.4) is 0 Å². The van der Waals surface area contributed by atoms with E-state index in [4.69, 9.17) is 0 Å². The number of piperidine rings is 1. The molecule has 0 radical (unpaired) electrons. The number of rotatable bonds is 9. The second kappa shape index (κ2) is 12.1. The molecule has 3 aliphatic rings. The molecule has 7 nitrogen and oxygen atoms in total. The fraction of sp³-hybridized carbons (Fsp3) is 0.621. The lowest BCUT2D eigenvalue weighted by Gasteiger charge is -2.35. The number of nitrogens with one attached hydrogen (secondary N) is 2. The third-order valence-electron chi connectivity index (χ3n) is 8.34. The van der Waals surface area contributed by atoms with E-state index in [0.717, 1.165) is 51.0 Å². The molecule has 2 heterocycles. The maximum absolute atomic E-state index is 14.1. The Kier molecular flexibility index (Phi) is 8.68. The number of alkyl halides is 5. The maximum atomic E-state index is 14.1. The Morgan fingerprint density at radius 1 is 1.05 bits per heavy atom. The molecule has 2 saturated carbocycles. The molecule has 1 aromatic carbocycles. The molecule has 1 aliphatic heterocycles. The smallest absolute Gasteiger partial charge is 0.353 e. The zero-order valence-corrected chi connectivity index (χ0v) is 22.9. The number of amides is 2. The van der Waals surface area contributed by atoms with Gasteiger partial charge in [0, 0.05) is 31.0 Å². The van der Waals surface area contributed by atoms with E-state index in [-0.39, 0.29) is 54.3 Å². The Morgan fingerprint density at radius 3 is 2.44 bits per heavy atom. The van der Waals surface area contributed by atoms with E-state index in [1.165, 1.54) is 28.9 Å². The van der Waals surface area contributed by atoms with Crippen LogP contribution in [0.2, 0.25) is 0 Å². The number of carbonyl (C=O) groups excluding carboxylic acids is 2. The lowest BCUT2D eigenvalue weighted by Crippen LogP contribution is -2.51. The van der Waals surface area contributed by atoms with Crippen molar-refractivity contribution in [2.45, 2.75) is 94.4 Å². The zero-order chi connectivity index (χ0) is 29.2. The molecule has 2 amide bonds. The van der Waals surface area contributed by atoms with Crippen molar-refractivity contribution in [2.24, 2.45) is 0 Å². The number of aromatic nitrogens is 2. The predicted octanol–water partition coefficient (Wildman–Crippen LogP) is 5.57. The van der Waals surface area contributed by atoms with Crippen molar-refractivity contribution in [1.29, 1.82) is 0 Å². The normalized spacial score (nSPS) is 20.9. The molecule has 41 heavy (non-hydrogen) atoms. The number of likely N-dealkylation sites (tertiary alicyclic amines) is 1. The average molecular weight is 582 g/mol. The van der Waals surface area contributed by atoms with E-state index < -0.39 is 36.2 Å². The third-order valence-corrected chi connectivity index (χ3v) is 8.34. The topological polar surface area (TPSA) is 79.3 Å². The van der Waals surface area contributed by atoms with Crippen molar-refractivity contribution in [3.63, 3.8) is 0 Å². The summed E-state index contributed by atoms with van der Waals surface area (Å²) in [5.74, 6) is -3.78. The molecule has 0 spiro atoms. The van der Waals surface area contributed by atoms with E-state index >= 15 is 0 Å². The first-order valence-electron chi connectivity index (χ1n) is 14.4. The molecule has 2 aliphatic carbocycles. The van der Waals surface area contributed by atoms with Crippen LogP contribution in [0, 0.1) is 0 Å². The summed E-state index contributed by atoms with van der Waals surface area (Å²) in [4.78, 5) is 27.8. The number of carbonyl (C=O) groups is 2. The molecule has 2 aromatic rings. The Hall–Kier alpha value is -3.02. The van der Waals surface area contributed by atoms with Crippen LogP contribution in [0.25, 0.3) is 11.3 Å². The molecule has 0 bridgehead atoms. The van der Waals surface area contributed by atoms with Gasteiger partial charge in [-0.1, -0.05) is 31.0 Å². The Labute approximate surface area is 235 Å². The van der Waals surface area contributed by atoms with Crippen molar-refractivity contribution >= 4 is 11.8 Å². The SMILES string of the molecule is O=C(C[C@@H](CN1CCCC(F)(F)C1)NC(=O)c1cc(-c2ccccc2C(F)(F)F)n(C2CCCC2)n1)NC1CCC1. The lowest BCUT2D eigenvalue weighted by molar-refractivity contribution is -0.137. The quantitative estimate of drug-likeness (QED) is 0.380. The molecule has 1 aromatic heterocycles. The summed E-state index contributed by atoms with van der Waals surface area (Å²) < 4.78 is 71.4. The van der Waals surface area contributed by atoms with Crippen molar-refractivity contribution in [1.82, 2.24) is 25.3 Å². The molecule has 12 heteroatoms. The molecule has 0 unspecified atom stereocenters. The molecule has 2 N–H and O–H groups in total. The summed E-state index contributed by atoms with van der Waals surface area (Å²) in [5, 5.41) is 10.2. The summed E-state index contributed by atoms with van der Waals surface area (Å²) in [7, 11) is 0. The fourth-order valence-corrected chi connectivity index (χ4v) is 6.09. The van der Waals surface area contributed by atoms with Crippen LogP contribution < -0.4 is 10.6 Å². The summed E-state index contributed by atoms with van der Waals surface area (Å²) in [6.45, 7) is 0.00565. The summed E-state index contributed by atoms with van der Waals surface area (Å²) >= 11 is 0. The van der Waals surface area contributed by atoms with Gasteiger partial charge in [0.15, 0.2) is 5.69 Å². The highest BCUT2D eigenvalue weighted by Gasteiger charge is 2.37. The number of halogens is 5. The van der Waals surface area contributed by atoms with Gasteiger partial charge in [-0.2, -0.15) is 18.3 Å². The minimum Gasteiger partial charge on any atom is -0.353 e. The van der Waals surface area contributed by atoms with Gasteiger partial charge < -0.3 is 10.6 Å². The van der Waals surface area contributed by atoms with Gasteiger partial charge in [0.1, 0.15) is 0 Å². The van der Waals surface area contributed by atoms with Crippen LogP contribution in [0.4, 0.5) is 22.0 Å². The number of hydrogen-bond donors (Lipinski definition) is 2. The Balaban J connectivity index is 1.40. The second-order valence-corrected chi connectivity index (χ2v) is 11.6. The Morgan fingerprint density at radius 2 is 1.78 bits per heavy atom. The molecular formula is C29H36F5N5O2. The number of benzene rings is 1. The summed E-state index contributed by atoms with van der Waals surface area (Å²) in [5.41, 5.74) is -0.754. The van der Waals surface area contributed by atoms with Gasteiger partial charge in [-0.05, 0) is 57.2 Å². The minimum atomic E-state index is -4.60. The van der Waals surface area contributed by atoms with Gasteiger partial charge in [0.25, 0.3) is 11.8 Å². The number of hydrogen-bond acceptors (Lipinski definition) is 4. The fourth-order valence-electron chi connectivity index (χ4n) is 6.09. The van der Waals surface area contributed by atoms with Crippen molar-refractivity contribution in [2.75, 3.05) is 19.6 Å². The molecular weight excluding hydrogens is 545 g/mol. The van der Waals surface area contributed by atoms with E-state index in [9.17, 15) is 31.5 Å². The first-order valence-corrected chi connectivity index (χ1v) is 14.4. The zero-order valence-electron chi connectivity index (χ0n) is 22.9. The third kappa shape index (κ3) is 7.25. The molecule has 224 valence electrons. The average Bonchev–Trinajstić information content (AvgIpc) is 3.55. The lowest BCUT2D eigenvalue weighted by atomic mass is 9.93. The van der Waals surface area contributed by atoms with Gasteiger partial charge in [0.2, 0.25) is 5.91 Å². The standard InChI is InChI=1S/C29H36F5N5O2/c30-28(31)13-6-14-38(18-28)17-20(15-26(40)35-19-7-5-8-19)36-27(41)24-16-25(39(37-24)21-9-1-2-10-21)22-11-3-4-12-23(22)29(32,33)34/h3-4,11-12,16,19-21H,1-2,5-10,13-15,17-18H2,(H,35,40)(H,36,41)/t20-/m0/s1. The van der Waals surface area contributed by atoms with Crippen LogP contribution in [0.5, 0.6) is 0 Å². The maximum Gasteiger partial charge on any atom is 0.417 e. The highest BCUT2D eigenvalue weighted by atomic mass is 19.4. The minimum absolute atomic E-state index is 0.0481. The van der Waals surface area contributed by atoms with Crippen LogP contribution in [-0.2, 0) is 11.0 Å². The van der Waals surface area contributed by atoms with E-state index in [0.29, 0.717) is 13.0 Å². The van der Waals surface area contributed by atoms with Crippen molar-refractivity contribution in [3.8, 4) is 11.3 Å². The van der Waals surface area contributed by atoms with Crippen molar-refractivity contribution in [3.05, 3.63) is 41.6 Å². The van der Waals surface area contributed by atoms with Gasteiger partial charge in [0.05, 0.1) is 29.9 Å². The first-order chi connectivity index (χ1) is 19.5. The predicted molar refractivity (Wildman–Crippen MR) is 142 cm³/mol. The largest absolute Gasteiger partial charge is 0.417 e. The summed E-state index contributed by atoms with van der Waals surface area (Å²) in [6, 6.07) is 5.73. The van der Waals surface area contributed by atoms with Crippen LogP contribution in [0.15, 0.2) is 30.3 Å².